The summed E-state index contributed by atoms with van der Waals surface area (Å²) in [7, 11) is -4.53. The second kappa shape index (κ2) is 4.54. The maximum absolute atomic E-state index is 9.97. The van der Waals surface area contributed by atoms with E-state index in [2.05, 4.69) is 27.9 Å². The molecule has 12 heavy (non-hydrogen) atoms. The molecule has 0 aliphatic carbocycles. The lowest BCUT2D eigenvalue weighted by atomic mass is 10.4. The van der Waals surface area contributed by atoms with Gasteiger partial charge in [0.1, 0.15) is 5.71 Å². The van der Waals surface area contributed by atoms with E-state index in [4.69, 9.17) is 4.55 Å². The Bertz CT molecular complexity index is 343. The molecule has 0 saturated carbocycles. The third-order valence-corrected chi connectivity index (χ3v) is 0.886. The van der Waals surface area contributed by atoms with Crippen LogP contribution in [0.1, 0.15) is 6.92 Å². The van der Waals surface area contributed by atoms with E-state index in [9.17, 15) is 8.42 Å². The molecular formula is C6H7NO4S. The summed E-state index contributed by atoms with van der Waals surface area (Å²) >= 11 is 0. The van der Waals surface area contributed by atoms with Crippen LogP contribution in [0, 0.1) is 11.8 Å². The minimum absolute atomic E-state index is 0.118. The zero-order valence-electron chi connectivity index (χ0n) is 6.31. The number of allylic oxidation sites excluding steroid dienone is 1. The molecule has 1 N–H and O–H groups in total. The highest BCUT2D eigenvalue weighted by atomic mass is 32.3. The lowest BCUT2D eigenvalue weighted by Crippen LogP contribution is -2.00. The first kappa shape index (κ1) is 10.7. The maximum Gasteiger partial charge on any atom is 0.466 e. The third kappa shape index (κ3) is 6.80. The Morgan fingerprint density at radius 1 is 1.75 bits per heavy atom. The minimum Gasteiger partial charge on any atom is -0.253 e. The lowest BCUT2D eigenvalue weighted by molar-refractivity contribution is 0.282. The zero-order valence-corrected chi connectivity index (χ0v) is 7.13. The summed E-state index contributed by atoms with van der Waals surface area (Å²) in [4.78, 5) is 0. The molecule has 0 aliphatic rings. The van der Waals surface area contributed by atoms with Crippen LogP contribution in [-0.4, -0.2) is 18.7 Å². The average Bonchev–Trinajstić information content (AvgIpc) is 1.95. The molecule has 0 atom stereocenters. The average molecular weight is 189 g/mol. The molecule has 0 aromatic heterocycles. The van der Waals surface area contributed by atoms with Crippen molar-refractivity contribution in [1.29, 1.82) is 0 Å². The van der Waals surface area contributed by atoms with Crippen molar-refractivity contribution in [3.8, 4) is 11.8 Å². The zero-order chi connectivity index (χ0) is 9.61. The molecule has 0 amide bonds. The van der Waals surface area contributed by atoms with E-state index in [-0.39, 0.29) is 5.71 Å². The third-order valence-electron chi connectivity index (χ3n) is 0.624. The van der Waals surface area contributed by atoms with Crippen LogP contribution in [0.4, 0.5) is 0 Å². The molecule has 66 valence electrons. The van der Waals surface area contributed by atoms with Crippen LogP contribution in [0.2, 0.25) is 0 Å². The molecule has 6 heteroatoms. The molecule has 0 bridgehead atoms. The largest absolute Gasteiger partial charge is 0.466 e. The second-order valence-corrected chi connectivity index (χ2v) is 2.66. The van der Waals surface area contributed by atoms with E-state index in [1.165, 1.54) is 13.0 Å². The van der Waals surface area contributed by atoms with Crippen LogP contribution in [0.3, 0.4) is 0 Å². The summed E-state index contributed by atoms with van der Waals surface area (Å²) < 4.78 is 31.7. The van der Waals surface area contributed by atoms with Crippen molar-refractivity contribution in [1.82, 2.24) is 0 Å². The number of hydrogen-bond acceptors (Lipinski definition) is 4. The van der Waals surface area contributed by atoms with Crippen molar-refractivity contribution in [2.75, 3.05) is 0 Å². The van der Waals surface area contributed by atoms with Gasteiger partial charge in [-0.3, -0.25) is 4.55 Å². The van der Waals surface area contributed by atoms with Crippen LogP contribution < -0.4 is 0 Å². The van der Waals surface area contributed by atoms with Gasteiger partial charge in [-0.2, -0.15) is 8.42 Å². The molecule has 0 heterocycles. The fourth-order valence-electron chi connectivity index (χ4n) is 0.281. The topological polar surface area (TPSA) is 76.0 Å². The number of hydrogen-bond donors (Lipinski definition) is 1. The van der Waals surface area contributed by atoms with Crippen molar-refractivity contribution >= 4 is 16.1 Å². The van der Waals surface area contributed by atoms with E-state index < -0.39 is 10.4 Å². The fourth-order valence-corrected chi connectivity index (χ4v) is 0.487. The summed E-state index contributed by atoms with van der Waals surface area (Å²) in [5, 5.41) is 2.99. The lowest BCUT2D eigenvalue weighted by Gasteiger charge is -1.89. The molecular weight excluding hydrogens is 182 g/mol. The predicted octanol–water partition coefficient (Wildman–Crippen LogP) is 0.371. The van der Waals surface area contributed by atoms with Crippen LogP contribution in [0.15, 0.2) is 17.8 Å². The van der Waals surface area contributed by atoms with Gasteiger partial charge in [0, 0.05) is 0 Å². The van der Waals surface area contributed by atoms with Crippen molar-refractivity contribution < 1.29 is 17.3 Å². The van der Waals surface area contributed by atoms with Crippen molar-refractivity contribution in [2.24, 2.45) is 5.16 Å². The van der Waals surface area contributed by atoms with E-state index in [0.29, 0.717) is 0 Å². The van der Waals surface area contributed by atoms with Gasteiger partial charge in [-0.1, -0.05) is 17.7 Å². The normalized spacial score (nSPS) is 11.3. The smallest absolute Gasteiger partial charge is 0.253 e. The molecule has 0 spiro atoms. The number of nitrogens with zero attached hydrogens (tertiary/aromatic N) is 1. The van der Waals surface area contributed by atoms with E-state index in [1.807, 2.05) is 0 Å². The van der Waals surface area contributed by atoms with Gasteiger partial charge in [0.2, 0.25) is 0 Å². The molecule has 0 radical (unpaired) electrons. The van der Waals surface area contributed by atoms with Crippen LogP contribution >= 0.6 is 0 Å². The standard InChI is InChI=1S/C6H7NO4S/c1-3-4-5-6(2)7-11-12(8,9)10/h3H,1H2,2H3,(H,8,9,10)/b7-6+. The molecule has 0 rings (SSSR count). The van der Waals surface area contributed by atoms with E-state index in [1.54, 1.807) is 0 Å². The highest BCUT2D eigenvalue weighted by Gasteiger charge is 2.01. The molecule has 0 fully saturated rings. The summed E-state index contributed by atoms with van der Waals surface area (Å²) in [6.45, 7) is 4.72. The summed E-state index contributed by atoms with van der Waals surface area (Å²) in [6.07, 6.45) is 1.31. The van der Waals surface area contributed by atoms with Gasteiger partial charge in [-0.15, -0.1) is 0 Å². The quantitative estimate of drug-likeness (QED) is 0.295. The number of rotatable bonds is 2. The number of oxime groups is 1. The molecule has 0 saturated heterocycles. The maximum atomic E-state index is 9.97. The van der Waals surface area contributed by atoms with Gasteiger partial charge in [0.15, 0.2) is 0 Å². The van der Waals surface area contributed by atoms with Crippen LogP contribution in [0.5, 0.6) is 0 Å². The first-order chi connectivity index (χ1) is 5.45. The van der Waals surface area contributed by atoms with Crippen molar-refractivity contribution in [2.45, 2.75) is 6.92 Å². The van der Waals surface area contributed by atoms with Crippen molar-refractivity contribution in [3.63, 3.8) is 0 Å². The SMILES string of the molecule is C=CC#C/C(C)=N/OS(=O)(=O)O. The van der Waals surface area contributed by atoms with Crippen LogP contribution in [0.25, 0.3) is 0 Å². The Hall–Kier alpha value is -1.32. The Morgan fingerprint density at radius 2 is 2.33 bits per heavy atom. The first-order valence-corrected chi connectivity index (χ1v) is 4.15. The molecule has 0 aliphatic heterocycles. The first-order valence-electron chi connectivity index (χ1n) is 2.79. The molecule has 0 unspecified atom stereocenters. The van der Waals surface area contributed by atoms with Crippen molar-refractivity contribution in [3.05, 3.63) is 12.7 Å². The van der Waals surface area contributed by atoms with Gasteiger partial charge < -0.3 is 0 Å². The second-order valence-electron chi connectivity index (χ2n) is 1.65. The highest BCUT2D eigenvalue weighted by molar-refractivity contribution is 7.80. The highest BCUT2D eigenvalue weighted by Crippen LogP contribution is 1.87. The van der Waals surface area contributed by atoms with Gasteiger partial charge >= 0.3 is 10.4 Å². The Labute approximate surface area is 70.7 Å². The van der Waals surface area contributed by atoms with Gasteiger partial charge in [0.25, 0.3) is 0 Å². The molecule has 0 aromatic rings. The summed E-state index contributed by atoms with van der Waals surface area (Å²) in [5.41, 5.74) is 0.118. The Balaban J connectivity index is 4.30. The monoisotopic (exact) mass is 189 g/mol. The minimum atomic E-state index is -4.53. The summed E-state index contributed by atoms with van der Waals surface area (Å²) in [6, 6.07) is 0. The van der Waals surface area contributed by atoms with Crippen LogP contribution in [-0.2, 0) is 14.7 Å². The molecule has 0 aromatic carbocycles. The van der Waals surface area contributed by atoms with Gasteiger partial charge in [0.05, 0.1) is 0 Å². The summed E-state index contributed by atoms with van der Waals surface area (Å²) in [5.74, 6) is 4.80. The Kier molecular flexibility index (Phi) is 4.04. The van der Waals surface area contributed by atoms with Gasteiger partial charge in [-0.05, 0) is 18.9 Å². The predicted molar refractivity (Wildman–Crippen MR) is 43.7 cm³/mol. The van der Waals surface area contributed by atoms with Gasteiger partial charge in [-0.25, -0.2) is 4.28 Å². The Morgan fingerprint density at radius 3 is 2.75 bits per heavy atom. The fraction of sp³-hybridized carbons (Fsp3) is 0.167. The van der Waals surface area contributed by atoms with E-state index in [0.717, 1.165) is 0 Å². The van der Waals surface area contributed by atoms with E-state index >= 15 is 0 Å². The molecule has 5 nitrogen and oxygen atoms in total.